The average molecular weight is 315 g/mol. The first-order chi connectivity index (χ1) is 11.0. The molecule has 1 amide bonds. The van der Waals surface area contributed by atoms with Crippen LogP contribution in [0.25, 0.3) is 0 Å². The van der Waals surface area contributed by atoms with Gasteiger partial charge in [0, 0.05) is 24.7 Å². The van der Waals surface area contributed by atoms with Gasteiger partial charge in [-0.1, -0.05) is 0 Å². The third kappa shape index (κ3) is 4.22. The van der Waals surface area contributed by atoms with E-state index in [1.807, 2.05) is 4.90 Å². The molecule has 1 N–H and O–H groups in total. The molecule has 6 heteroatoms. The van der Waals surface area contributed by atoms with E-state index in [1.54, 1.807) is 25.1 Å². The van der Waals surface area contributed by atoms with Crippen molar-refractivity contribution in [1.82, 2.24) is 5.32 Å². The Hall–Kier alpha value is -2.55. The van der Waals surface area contributed by atoms with E-state index in [0.29, 0.717) is 24.3 Å². The minimum Gasteiger partial charge on any atom is -0.450 e. The summed E-state index contributed by atoms with van der Waals surface area (Å²) in [6.07, 6.45) is 1.34. The van der Waals surface area contributed by atoms with Gasteiger partial charge in [0.05, 0.1) is 17.9 Å². The van der Waals surface area contributed by atoms with Crippen molar-refractivity contribution < 1.29 is 14.3 Å². The Bertz CT molecular complexity index is 636. The highest BCUT2D eigenvalue weighted by molar-refractivity contribution is 5.95. The van der Waals surface area contributed by atoms with Crippen LogP contribution in [0.5, 0.6) is 0 Å². The molecule has 1 aliphatic rings. The molecular weight excluding hydrogens is 294 g/mol. The van der Waals surface area contributed by atoms with Gasteiger partial charge in [0.2, 0.25) is 0 Å². The van der Waals surface area contributed by atoms with Crippen LogP contribution in [-0.4, -0.2) is 37.6 Å². The predicted octanol–water partition coefficient (Wildman–Crippen LogP) is 2.48. The second-order valence-corrected chi connectivity index (χ2v) is 5.55. The Kier molecular flexibility index (Phi) is 5.58. The summed E-state index contributed by atoms with van der Waals surface area (Å²) >= 11 is 0. The molecule has 6 nitrogen and oxygen atoms in total. The van der Waals surface area contributed by atoms with E-state index in [2.05, 4.69) is 11.4 Å². The van der Waals surface area contributed by atoms with E-state index in [0.717, 1.165) is 25.1 Å². The number of nitriles is 1. The van der Waals surface area contributed by atoms with E-state index in [1.165, 1.54) is 6.92 Å². The Morgan fingerprint density at radius 2 is 2.26 bits per heavy atom. The van der Waals surface area contributed by atoms with Crippen LogP contribution in [0.3, 0.4) is 0 Å². The smallest absolute Gasteiger partial charge is 0.407 e. The summed E-state index contributed by atoms with van der Waals surface area (Å²) in [4.78, 5) is 25.2. The van der Waals surface area contributed by atoms with Crippen LogP contribution in [0.15, 0.2) is 18.2 Å². The number of nitrogens with one attached hydrogen (secondary N) is 1. The predicted molar refractivity (Wildman–Crippen MR) is 86.6 cm³/mol. The number of Topliss-reactive ketones (excluding diaryl/α,β-unsaturated/α-hetero) is 1. The number of amides is 1. The molecule has 1 fully saturated rings. The molecule has 1 heterocycles. The maximum absolute atomic E-state index is 11.6. The number of carbonyl (C=O) groups is 2. The maximum atomic E-state index is 11.6. The first-order valence-corrected chi connectivity index (χ1v) is 7.78. The molecule has 0 spiro atoms. The summed E-state index contributed by atoms with van der Waals surface area (Å²) in [5.41, 5.74) is 1.86. The Morgan fingerprint density at radius 1 is 1.48 bits per heavy atom. The summed E-state index contributed by atoms with van der Waals surface area (Å²) in [5, 5.41) is 12.2. The Labute approximate surface area is 136 Å². The van der Waals surface area contributed by atoms with Crippen LogP contribution in [0, 0.1) is 11.3 Å². The maximum Gasteiger partial charge on any atom is 0.407 e. The van der Waals surface area contributed by atoms with Gasteiger partial charge in [-0.3, -0.25) is 4.79 Å². The topological polar surface area (TPSA) is 82.4 Å². The molecule has 1 unspecified atom stereocenters. The van der Waals surface area contributed by atoms with E-state index in [-0.39, 0.29) is 11.8 Å². The van der Waals surface area contributed by atoms with Crippen molar-refractivity contribution in [3.8, 4) is 6.07 Å². The third-order valence-electron chi connectivity index (χ3n) is 3.88. The van der Waals surface area contributed by atoms with Crippen molar-refractivity contribution in [2.75, 3.05) is 24.6 Å². The number of alkyl carbamates (subject to hydrolysis) is 1. The van der Waals surface area contributed by atoms with Crippen LogP contribution in [-0.2, 0) is 4.74 Å². The van der Waals surface area contributed by atoms with E-state index < -0.39 is 6.09 Å². The number of ketones is 1. The van der Waals surface area contributed by atoms with Gasteiger partial charge in [-0.05, 0) is 44.9 Å². The van der Waals surface area contributed by atoms with Crippen molar-refractivity contribution in [2.45, 2.75) is 32.7 Å². The first kappa shape index (κ1) is 16.8. The summed E-state index contributed by atoms with van der Waals surface area (Å²) in [7, 11) is 0. The summed E-state index contributed by atoms with van der Waals surface area (Å²) in [6, 6.07) is 7.24. The van der Waals surface area contributed by atoms with Gasteiger partial charge in [0.1, 0.15) is 6.07 Å². The minimum absolute atomic E-state index is 0.0321. The highest BCUT2D eigenvalue weighted by atomic mass is 16.5. The number of anilines is 1. The number of benzene rings is 1. The van der Waals surface area contributed by atoms with Crippen LogP contribution >= 0.6 is 0 Å². The summed E-state index contributed by atoms with van der Waals surface area (Å²) in [5.74, 6) is -0.0334. The number of piperidine rings is 1. The lowest BCUT2D eigenvalue weighted by Gasteiger charge is -2.35. The fourth-order valence-corrected chi connectivity index (χ4v) is 2.76. The van der Waals surface area contributed by atoms with Crippen LogP contribution in [0.2, 0.25) is 0 Å². The molecule has 0 aliphatic carbocycles. The number of hydrogen-bond donors (Lipinski definition) is 1. The van der Waals surface area contributed by atoms with Gasteiger partial charge in [-0.15, -0.1) is 0 Å². The van der Waals surface area contributed by atoms with Gasteiger partial charge in [-0.25, -0.2) is 4.79 Å². The highest BCUT2D eigenvalue weighted by Gasteiger charge is 2.24. The Morgan fingerprint density at radius 3 is 2.91 bits per heavy atom. The highest BCUT2D eigenvalue weighted by Crippen LogP contribution is 2.25. The SMILES string of the molecule is CCOC(=O)NC1CCCN(c2cc(C(C)=O)ccc2C#N)C1. The zero-order chi connectivity index (χ0) is 16.8. The van der Waals surface area contributed by atoms with Crippen molar-refractivity contribution >= 4 is 17.6 Å². The number of hydrogen-bond acceptors (Lipinski definition) is 5. The van der Waals surface area contributed by atoms with Crippen LogP contribution in [0.4, 0.5) is 10.5 Å². The standard InChI is InChI=1S/C17H21N3O3/c1-3-23-17(22)19-15-5-4-8-20(11-15)16-9-13(12(2)21)6-7-14(16)10-18/h6-7,9,15H,3-5,8,11H2,1-2H3,(H,19,22). The molecule has 23 heavy (non-hydrogen) atoms. The molecule has 122 valence electrons. The molecule has 0 bridgehead atoms. The zero-order valence-electron chi connectivity index (χ0n) is 13.5. The molecule has 1 aromatic rings. The molecule has 0 aromatic heterocycles. The van der Waals surface area contributed by atoms with Gasteiger partial charge in [0.25, 0.3) is 0 Å². The molecule has 0 saturated carbocycles. The second kappa shape index (κ2) is 7.63. The first-order valence-electron chi connectivity index (χ1n) is 7.78. The fourth-order valence-electron chi connectivity index (χ4n) is 2.76. The monoisotopic (exact) mass is 315 g/mol. The van der Waals surface area contributed by atoms with Crippen LogP contribution < -0.4 is 10.2 Å². The van der Waals surface area contributed by atoms with E-state index in [4.69, 9.17) is 4.74 Å². The van der Waals surface area contributed by atoms with Crippen molar-refractivity contribution in [3.05, 3.63) is 29.3 Å². The van der Waals surface area contributed by atoms with Crippen molar-refractivity contribution in [2.24, 2.45) is 0 Å². The van der Waals surface area contributed by atoms with Gasteiger partial charge in [-0.2, -0.15) is 5.26 Å². The number of ether oxygens (including phenoxy) is 1. The molecular formula is C17H21N3O3. The normalized spacial score (nSPS) is 17.3. The van der Waals surface area contributed by atoms with Crippen LogP contribution in [0.1, 0.15) is 42.6 Å². The van der Waals surface area contributed by atoms with E-state index in [9.17, 15) is 14.9 Å². The third-order valence-corrected chi connectivity index (χ3v) is 3.88. The van der Waals surface area contributed by atoms with Gasteiger partial charge >= 0.3 is 6.09 Å². The second-order valence-electron chi connectivity index (χ2n) is 5.55. The lowest BCUT2D eigenvalue weighted by Crippen LogP contribution is -2.48. The molecule has 1 saturated heterocycles. The van der Waals surface area contributed by atoms with Gasteiger partial charge in [0.15, 0.2) is 5.78 Å². The molecule has 1 aromatic carbocycles. The summed E-state index contributed by atoms with van der Waals surface area (Å²) in [6.45, 7) is 4.99. The number of rotatable bonds is 4. The quantitative estimate of drug-likeness (QED) is 0.863. The number of nitrogens with zero attached hydrogens (tertiary/aromatic N) is 2. The Balaban J connectivity index is 2.17. The molecule has 1 atom stereocenters. The lowest BCUT2D eigenvalue weighted by atomic mass is 10.0. The number of carbonyl (C=O) groups excluding carboxylic acids is 2. The fraction of sp³-hybridized carbons (Fsp3) is 0.471. The molecule has 2 rings (SSSR count). The van der Waals surface area contributed by atoms with Gasteiger partial charge < -0.3 is 15.0 Å². The molecule has 1 aliphatic heterocycles. The lowest BCUT2D eigenvalue weighted by molar-refractivity contribution is 0.101. The van der Waals surface area contributed by atoms with Crippen molar-refractivity contribution in [1.29, 1.82) is 5.26 Å². The van der Waals surface area contributed by atoms with E-state index >= 15 is 0 Å². The largest absolute Gasteiger partial charge is 0.450 e. The average Bonchev–Trinajstić information content (AvgIpc) is 2.54. The zero-order valence-corrected chi connectivity index (χ0v) is 13.5. The minimum atomic E-state index is -0.419. The summed E-state index contributed by atoms with van der Waals surface area (Å²) < 4.78 is 4.92. The van der Waals surface area contributed by atoms with Crippen molar-refractivity contribution in [3.63, 3.8) is 0 Å². The molecule has 0 radical (unpaired) electrons.